The van der Waals surface area contributed by atoms with Crippen molar-refractivity contribution in [1.82, 2.24) is 20.0 Å². The number of rotatable bonds is 12. The van der Waals surface area contributed by atoms with Gasteiger partial charge in [-0.15, -0.1) is 10.2 Å². The molecule has 0 spiro atoms. The van der Waals surface area contributed by atoms with E-state index in [4.69, 9.17) is 14.2 Å². The largest absolute Gasteiger partial charge is 0.497 e. The van der Waals surface area contributed by atoms with Gasteiger partial charge in [0.2, 0.25) is 5.91 Å². The van der Waals surface area contributed by atoms with Gasteiger partial charge < -0.3 is 24.4 Å². The smallest absolute Gasteiger partial charge is 0.222 e. The van der Waals surface area contributed by atoms with Crippen LogP contribution in [0.5, 0.6) is 17.2 Å². The van der Waals surface area contributed by atoms with Crippen molar-refractivity contribution in [2.75, 3.05) is 52.3 Å². The quantitative estimate of drug-likeness (QED) is 0.206. The zero-order chi connectivity index (χ0) is 30.3. The maximum Gasteiger partial charge on any atom is 0.222 e. The number of nitrogens with zero attached hydrogens (tertiary/aromatic N) is 4. The van der Waals surface area contributed by atoms with Crippen LogP contribution in [0.2, 0.25) is 0 Å². The molecule has 2 aliphatic heterocycles. The summed E-state index contributed by atoms with van der Waals surface area (Å²) in [5, 5.41) is 15.0. The highest BCUT2D eigenvalue weighted by Crippen LogP contribution is 2.34. The molecule has 3 heterocycles. The summed E-state index contributed by atoms with van der Waals surface area (Å²) < 4.78 is 16.8. The van der Waals surface area contributed by atoms with Gasteiger partial charge in [0.25, 0.3) is 0 Å². The molecule has 2 aliphatic rings. The molecule has 0 bridgehead atoms. The van der Waals surface area contributed by atoms with Gasteiger partial charge in [0, 0.05) is 61.5 Å². The Labute approximate surface area is 259 Å². The van der Waals surface area contributed by atoms with E-state index in [-0.39, 0.29) is 5.91 Å². The van der Waals surface area contributed by atoms with Gasteiger partial charge in [0.05, 0.1) is 20.8 Å². The van der Waals surface area contributed by atoms with Gasteiger partial charge in [0.1, 0.15) is 22.9 Å². The number of piperidine rings is 1. The first-order chi connectivity index (χ1) is 21.6. The molecule has 6 rings (SSSR count). The van der Waals surface area contributed by atoms with E-state index >= 15 is 0 Å². The molecule has 9 nitrogen and oxygen atoms in total. The molecule has 3 aromatic carbocycles. The molecular formula is C35H41N5O4. The number of carbonyl (C=O) groups excluding carboxylic acids is 1. The molecule has 0 atom stereocenters. The molecule has 1 aromatic heterocycles. The average molecular weight is 596 g/mol. The van der Waals surface area contributed by atoms with Crippen molar-refractivity contribution >= 4 is 22.5 Å². The molecule has 2 fully saturated rings. The Bertz CT molecular complexity index is 1550. The van der Waals surface area contributed by atoms with Crippen molar-refractivity contribution in [3.8, 4) is 28.5 Å². The topological polar surface area (TPSA) is 89.1 Å². The highest BCUT2D eigenvalue weighted by atomic mass is 16.5. The summed E-state index contributed by atoms with van der Waals surface area (Å²) in [6.07, 6.45) is 4.58. The number of hydrogen-bond acceptors (Lipinski definition) is 8. The van der Waals surface area contributed by atoms with E-state index in [0.29, 0.717) is 19.1 Å². The zero-order valence-electron chi connectivity index (χ0n) is 25.6. The number of fused-ring (bicyclic) bond motifs is 1. The fourth-order valence-electron chi connectivity index (χ4n) is 6.09. The normalized spacial score (nSPS) is 16.0. The number of benzene rings is 3. The van der Waals surface area contributed by atoms with Crippen LogP contribution in [0.1, 0.15) is 37.7 Å². The molecule has 1 amide bonds. The van der Waals surface area contributed by atoms with Gasteiger partial charge in [0.15, 0.2) is 5.82 Å². The third kappa shape index (κ3) is 7.05. The number of methoxy groups -OCH3 is 2. The highest BCUT2D eigenvalue weighted by molar-refractivity contribution is 6.00. The number of aromatic nitrogens is 2. The summed E-state index contributed by atoms with van der Waals surface area (Å²) in [6.45, 7) is 5.22. The molecule has 0 unspecified atom stereocenters. The van der Waals surface area contributed by atoms with Gasteiger partial charge in [-0.1, -0.05) is 12.1 Å². The lowest BCUT2D eigenvalue weighted by Gasteiger charge is -2.32. The molecule has 44 heavy (non-hydrogen) atoms. The van der Waals surface area contributed by atoms with E-state index in [1.54, 1.807) is 14.2 Å². The Morgan fingerprint density at radius 1 is 0.841 bits per heavy atom. The van der Waals surface area contributed by atoms with Crippen LogP contribution in [0.3, 0.4) is 0 Å². The van der Waals surface area contributed by atoms with Crippen molar-refractivity contribution in [2.24, 2.45) is 0 Å². The van der Waals surface area contributed by atoms with Gasteiger partial charge >= 0.3 is 0 Å². The van der Waals surface area contributed by atoms with Crippen molar-refractivity contribution in [1.29, 1.82) is 0 Å². The second-order valence-electron chi connectivity index (χ2n) is 11.6. The predicted octanol–water partition coefficient (Wildman–Crippen LogP) is 5.78. The first-order valence-electron chi connectivity index (χ1n) is 15.6. The van der Waals surface area contributed by atoms with E-state index in [9.17, 15) is 4.79 Å². The number of amides is 1. The van der Waals surface area contributed by atoms with E-state index in [2.05, 4.69) is 50.7 Å². The molecule has 2 saturated heterocycles. The van der Waals surface area contributed by atoms with Gasteiger partial charge in [-0.2, -0.15) is 0 Å². The molecular weight excluding hydrogens is 554 g/mol. The maximum atomic E-state index is 11.7. The average Bonchev–Trinajstić information content (AvgIpc) is 3.48. The van der Waals surface area contributed by atoms with Crippen molar-refractivity contribution in [3.63, 3.8) is 0 Å². The summed E-state index contributed by atoms with van der Waals surface area (Å²) in [7, 11) is 3.35. The monoisotopic (exact) mass is 595 g/mol. The molecule has 0 radical (unpaired) electrons. The molecule has 0 saturated carbocycles. The number of nitrogens with one attached hydrogen (secondary N) is 1. The SMILES string of the molecule is COc1ccc(-c2nnc(NC3CCN(Cc4ccc(OCCCN5CCCC5=O)cc4)CC3)c3cc(OC)ccc23)cc1. The Morgan fingerprint density at radius 2 is 1.57 bits per heavy atom. The number of anilines is 1. The van der Waals surface area contributed by atoms with E-state index in [0.717, 1.165) is 104 Å². The summed E-state index contributed by atoms with van der Waals surface area (Å²) >= 11 is 0. The summed E-state index contributed by atoms with van der Waals surface area (Å²) in [6, 6.07) is 22.7. The number of hydrogen-bond donors (Lipinski definition) is 1. The second kappa shape index (κ2) is 13.9. The van der Waals surface area contributed by atoms with Crippen LogP contribution in [0.25, 0.3) is 22.0 Å². The predicted molar refractivity (Wildman–Crippen MR) is 172 cm³/mol. The van der Waals surface area contributed by atoms with Crippen LogP contribution in [-0.2, 0) is 11.3 Å². The summed E-state index contributed by atoms with van der Waals surface area (Å²) in [4.78, 5) is 16.2. The minimum absolute atomic E-state index is 0.274. The molecule has 230 valence electrons. The van der Waals surface area contributed by atoms with Crippen molar-refractivity contribution in [2.45, 2.75) is 44.7 Å². The van der Waals surface area contributed by atoms with Gasteiger partial charge in [-0.3, -0.25) is 9.69 Å². The third-order valence-electron chi connectivity index (χ3n) is 8.62. The fraction of sp³-hybridized carbons (Fsp3) is 0.400. The molecule has 0 aliphatic carbocycles. The minimum atomic E-state index is 0.274. The third-order valence-corrected chi connectivity index (χ3v) is 8.62. The Balaban J connectivity index is 1.02. The van der Waals surface area contributed by atoms with Crippen LogP contribution in [-0.4, -0.2) is 79.0 Å². The van der Waals surface area contributed by atoms with Crippen LogP contribution in [0, 0.1) is 0 Å². The summed E-state index contributed by atoms with van der Waals surface area (Å²) in [5.74, 6) is 3.54. The first-order valence-corrected chi connectivity index (χ1v) is 15.6. The lowest BCUT2D eigenvalue weighted by Crippen LogP contribution is -2.38. The number of likely N-dealkylation sites (tertiary alicyclic amines) is 2. The first kappa shape index (κ1) is 29.7. The van der Waals surface area contributed by atoms with Crippen LogP contribution >= 0.6 is 0 Å². The van der Waals surface area contributed by atoms with Crippen LogP contribution < -0.4 is 19.5 Å². The molecule has 1 N–H and O–H groups in total. The van der Waals surface area contributed by atoms with Crippen molar-refractivity contribution in [3.05, 3.63) is 72.3 Å². The lowest BCUT2D eigenvalue weighted by atomic mass is 10.0. The van der Waals surface area contributed by atoms with E-state index in [1.807, 2.05) is 41.3 Å². The minimum Gasteiger partial charge on any atom is -0.497 e. The molecule has 9 heteroatoms. The number of carbonyl (C=O) groups is 1. The standard InChI is InChI=1S/C35H41N5O4/c1-42-28-12-8-26(9-13-28)34-31-15-14-30(43-2)23-32(31)35(38-37-34)36-27-16-20-39(21-17-27)24-25-6-10-29(11-7-25)44-22-4-19-40-18-3-5-33(40)41/h6-15,23,27H,3-5,16-22,24H2,1-2H3,(H,36,38). The van der Waals surface area contributed by atoms with E-state index in [1.165, 1.54) is 5.56 Å². The summed E-state index contributed by atoms with van der Waals surface area (Å²) in [5.41, 5.74) is 3.10. The van der Waals surface area contributed by atoms with E-state index < -0.39 is 0 Å². The van der Waals surface area contributed by atoms with Crippen LogP contribution in [0.15, 0.2) is 66.7 Å². The lowest BCUT2D eigenvalue weighted by molar-refractivity contribution is -0.127. The van der Waals surface area contributed by atoms with Crippen molar-refractivity contribution < 1.29 is 19.0 Å². The van der Waals surface area contributed by atoms with Gasteiger partial charge in [-0.25, -0.2) is 0 Å². The Hall–Kier alpha value is -4.37. The number of ether oxygens (including phenoxy) is 3. The Morgan fingerprint density at radius 3 is 2.27 bits per heavy atom. The Kier molecular flexibility index (Phi) is 9.41. The molecule has 4 aromatic rings. The second-order valence-corrected chi connectivity index (χ2v) is 11.6. The maximum absolute atomic E-state index is 11.7. The highest BCUT2D eigenvalue weighted by Gasteiger charge is 2.22. The van der Waals surface area contributed by atoms with Crippen LogP contribution in [0.4, 0.5) is 5.82 Å². The zero-order valence-corrected chi connectivity index (χ0v) is 25.6. The fourth-order valence-corrected chi connectivity index (χ4v) is 6.09. The van der Waals surface area contributed by atoms with Gasteiger partial charge in [-0.05, 0) is 85.8 Å².